The molecule has 0 unspecified atom stereocenters. The highest BCUT2D eigenvalue weighted by molar-refractivity contribution is 7.84. The van der Waals surface area contributed by atoms with E-state index in [1.54, 1.807) is 0 Å². The van der Waals surface area contributed by atoms with Gasteiger partial charge in [-0.2, -0.15) is 18.0 Å². The maximum atomic E-state index is 11.5. The number of nitrogens with zero attached hydrogens (tertiary/aromatic N) is 2. The van der Waals surface area contributed by atoms with Crippen molar-refractivity contribution in [3.8, 4) is 6.07 Å². The molecule has 1 heterocycles. The molecule has 0 aromatic rings. The second kappa shape index (κ2) is 5.21. The number of hydrogen-bond acceptors (Lipinski definition) is 7. The first kappa shape index (κ1) is 14.9. The molecule has 1 fully saturated rings. The van der Waals surface area contributed by atoms with E-state index < -0.39 is 46.6 Å². The van der Waals surface area contributed by atoms with Gasteiger partial charge in [0, 0.05) is 0 Å². The van der Waals surface area contributed by atoms with Crippen molar-refractivity contribution < 1.29 is 32.1 Å². The van der Waals surface area contributed by atoms with Crippen LogP contribution in [0, 0.1) is 11.3 Å². The van der Waals surface area contributed by atoms with Crippen LogP contribution < -0.4 is 5.32 Å². The molecular formula is C8H9N3O7S. The minimum absolute atomic E-state index is 0.101. The Hall–Kier alpha value is -2.19. The van der Waals surface area contributed by atoms with E-state index in [2.05, 4.69) is 4.74 Å². The van der Waals surface area contributed by atoms with Gasteiger partial charge in [-0.1, -0.05) is 0 Å². The zero-order valence-corrected chi connectivity index (χ0v) is 10.4. The van der Waals surface area contributed by atoms with Crippen LogP contribution in [0.25, 0.3) is 0 Å². The highest BCUT2D eigenvalue weighted by Gasteiger charge is 2.58. The van der Waals surface area contributed by atoms with Gasteiger partial charge in [0.2, 0.25) is 5.91 Å². The van der Waals surface area contributed by atoms with Crippen LogP contribution in [-0.2, 0) is 29.4 Å². The SMILES string of the molecule is COC(=O)[C@H]1[C@@H](NC(=O)CC#N)C(=O)N1S(=O)(=O)O. The fourth-order valence-corrected chi connectivity index (χ4v) is 2.34. The lowest BCUT2D eigenvalue weighted by molar-refractivity contribution is -0.162. The second-order valence-corrected chi connectivity index (χ2v) is 4.75. The Morgan fingerprint density at radius 3 is 2.58 bits per heavy atom. The lowest BCUT2D eigenvalue weighted by Crippen LogP contribution is -2.74. The third-order valence-electron chi connectivity index (χ3n) is 2.30. The summed E-state index contributed by atoms with van der Waals surface area (Å²) in [6, 6.07) is -1.66. The molecule has 10 nitrogen and oxygen atoms in total. The van der Waals surface area contributed by atoms with Crippen molar-refractivity contribution in [3.05, 3.63) is 0 Å². The van der Waals surface area contributed by atoms with Gasteiger partial charge in [0.25, 0.3) is 5.91 Å². The molecule has 2 amide bonds. The smallest absolute Gasteiger partial charge is 0.363 e. The van der Waals surface area contributed by atoms with Gasteiger partial charge in [0.15, 0.2) is 6.04 Å². The Kier molecular flexibility index (Phi) is 4.07. The molecule has 0 saturated carbocycles. The van der Waals surface area contributed by atoms with Crippen molar-refractivity contribution in [3.63, 3.8) is 0 Å². The third kappa shape index (κ3) is 2.80. The molecule has 1 aliphatic rings. The second-order valence-electron chi connectivity index (χ2n) is 3.46. The normalized spacial score (nSPS) is 22.2. The van der Waals surface area contributed by atoms with Crippen LogP contribution in [0.5, 0.6) is 0 Å². The first-order valence-electron chi connectivity index (χ1n) is 4.79. The number of esters is 1. The van der Waals surface area contributed by atoms with Crippen molar-refractivity contribution in [2.75, 3.05) is 7.11 Å². The topological polar surface area (TPSA) is 154 Å². The fourth-order valence-electron chi connectivity index (χ4n) is 1.51. The molecule has 0 radical (unpaired) electrons. The van der Waals surface area contributed by atoms with Crippen LogP contribution in [0.2, 0.25) is 0 Å². The van der Waals surface area contributed by atoms with Crippen LogP contribution in [-0.4, -0.2) is 54.3 Å². The predicted molar refractivity (Wildman–Crippen MR) is 56.4 cm³/mol. The van der Waals surface area contributed by atoms with Crippen LogP contribution >= 0.6 is 0 Å². The average Bonchev–Trinajstić information content (AvgIpc) is 2.30. The van der Waals surface area contributed by atoms with E-state index in [-0.39, 0.29) is 4.31 Å². The molecule has 104 valence electrons. The number of β-lactam (4-membered cyclic amide) rings is 1. The maximum Gasteiger partial charge on any atom is 0.363 e. The summed E-state index contributed by atoms with van der Waals surface area (Å²) in [4.78, 5) is 33.9. The van der Waals surface area contributed by atoms with Gasteiger partial charge in [-0.25, -0.2) is 4.79 Å². The maximum absolute atomic E-state index is 11.5. The fraction of sp³-hybridized carbons (Fsp3) is 0.500. The summed E-state index contributed by atoms with van der Waals surface area (Å²) < 4.78 is 34.8. The molecule has 11 heteroatoms. The van der Waals surface area contributed by atoms with Crippen molar-refractivity contribution in [2.24, 2.45) is 0 Å². The van der Waals surface area contributed by atoms with E-state index in [9.17, 15) is 22.8 Å². The number of nitrogens with one attached hydrogen (secondary N) is 1. The zero-order valence-electron chi connectivity index (χ0n) is 9.56. The Morgan fingerprint density at radius 1 is 1.58 bits per heavy atom. The van der Waals surface area contributed by atoms with E-state index in [1.807, 2.05) is 5.32 Å². The Bertz CT molecular complexity index is 563. The number of nitriles is 1. The molecule has 0 aliphatic carbocycles. The van der Waals surface area contributed by atoms with Crippen molar-refractivity contribution in [1.29, 1.82) is 5.26 Å². The number of carbonyl (C=O) groups excluding carboxylic acids is 3. The predicted octanol–water partition coefficient (Wildman–Crippen LogP) is -2.43. The summed E-state index contributed by atoms with van der Waals surface area (Å²) in [6.07, 6.45) is -0.566. The third-order valence-corrected chi connectivity index (χ3v) is 3.20. The van der Waals surface area contributed by atoms with Gasteiger partial charge >= 0.3 is 16.3 Å². The minimum atomic E-state index is -4.93. The van der Waals surface area contributed by atoms with E-state index >= 15 is 0 Å². The van der Waals surface area contributed by atoms with Crippen LogP contribution in [0.4, 0.5) is 0 Å². The summed E-state index contributed by atoms with van der Waals surface area (Å²) in [6.45, 7) is 0. The summed E-state index contributed by atoms with van der Waals surface area (Å²) in [5, 5.41) is 10.3. The van der Waals surface area contributed by atoms with Crippen LogP contribution in [0.1, 0.15) is 6.42 Å². The lowest BCUT2D eigenvalue weighted by atomic mass is 9.99. The van der Waals surface area contributed by atoms with Crippen LogP contribution in [0.3, 0.4) is 0 Å². The molecule has 0 bridgehead atoms. The minimum Gasteiger partial charge on any atom is -0.467 e. The first-order valence-corrected chi connectivity index (χ1v) is 6.18. The van der Waals surface area contributed by atoms with E-state index in [0.717, 1.165) is 7.11 Å². The Balaban J connectivity index is 2.95. The number of ether oxygens (including phenoxy) is 1. The first-order chi connectivity index (χ1) is 8.73. The Morgan fingerprint density at radius 2 is 2.16 bits per heavy atom. The highest BCUT2D eigenvalue weighted by atomic mass is 32.2. The number of amides is 2. The number of carbonyl (C=O) groups is 3. The van der Waals surface area contributed by atoms with E-state index in [1.165, 1.54) is 6.07 Å². The molecular weight excluding hydrogens is 282 g/mol. The molecule has 1 aliphatic heterocycles. The zero-order chi connectivity index (χ0) is 14.8. The summed E-state index contributed by atoms with van der Waals surface area (Å²) in [5.74, 6) is -3.17. The summed E-state index contributed by atoms with van der Waals surface area (Å²) in [7, 11) is -3.99. The van der Waals surface area contributed by atoms with Gasteiger partial charge in [-0.3, -0.25) is 14.1 Å². The number of methoxy groups -OCH3 is 1. The monoisotopic (exact) mass is 291 g/mol. The van der Waals surface area contributed by atoms with Gasteiger partial charge in [0.05, 0.1) is 13.2 Å². The molecule has 1 rings (SSSR count). The Labute approximate surface area is 107 Å². The molecule has 2 N–H and O–H groups in total. The molecule has 19 heavy (non-hydrogen) atoms. The van der Waals surface area contributed by atoms with E-state index in [4.69, 9.17) is 9.81 Å². The molecule has 0 spiro atoms. The molecule has 0 aromatic carbocycles. The van der Waals surface area contributed by atoms with Crippen LogP contribution in [0.15, 0.2) is 0 Å². The summed E-state index contributed by atoms with van der Waals surface area (Å²) >= 11 is 0. The highest BCUT2D eigenvalue weighted by Crippen LogP contribution is 2.24. The molecule has 0 aromatic heterocycles. The largest absolute Gasteiger partial charge is 0.467 e. The van der Waals surface area contributed by atoms with Gasteiger partial charge < -0.3 is 10.1 Å². The van der Waals surface area contributed by atoms with Gasteiger partial charge in [0.1, 0.15) is 12.5 Å². The quantitative estimate of drug-likeness (QED) is 0.329. The molecule has 1 saturated heterocycles. The number of hydrogen-bond donors (Lipinski definition) is 2. The lowest BCUT2D eigenvalue weighted by Gasteiger charge is -2.41. The standard InChI is InChI=1S/C8H9N3O7S/c1-18-8(14)6-5(10-4(12)2-3-9)7(13)11(6)19(15,16)17/h5-6H,2H2,1H3,(H,10,12)(H,15,16,17)/t5-,6-/m1/s1. The number of rotatable bonds is 4. The van der Waals surface area contributed by atoms with Gasteiger partial charge in [-0.15, -0.1) is 0 Å². The average molecular weight is 291 g/mol. The van der Waals surface area contributed by atoms with Crippen molar-refractivity contribution in [1.82, 2.24) is 9.62 Å². The summed E-state index contributed by atoms with van der Waals surface area (Å²) in [5.41, 5.74) is 0. The van der Waals surface area contributed by atoms with Gasteiger partial charge in [-0.05, 0) is 0 Å². The van der Waals surface area contributed by atoms with Crippen molar-refractivity contribution in [2.45, 2.75) is 18.5 Å². The molecule has 2 atom stereocenters. The van der Waals surface area contributed by atoms with Crippen molar-refractivity contribution >= 4 is 28.1 Å². The van der Waals surface area contributed by atoms with E-state index in [0.29, 0.717) is 0 Å².